The average molecular weight is 212 g/mol. The molecule has 0 N–H and O–H groups in total. The molecule has 0 unspecified atom stereocenters. The Morgan fingerprint density at radius 2 is 1.92 bits per heavy atom. The number of halogens is 2. The third-order valence-corrected chi connectivity index (χ3v) is 2.35. The summed E-state index contributed by atoms with van der Waals surface area (Å²) in [6.45, 7) is 2.00. The van der Waals surface area contributed by atoms with E-state index in [0.29, 0.717) is 10.2 Å². The highest BCUT2D eigenvalue weighted by atomic mass is 35.5. The molecule has 0 saturated carbocycles. The van der Waals surface area contributed by atoms with Crippen LogP contribution in [-0.4, -0.2) is 4.98 Å². The Hall–Kier alpha value is -0.790. The molecule has 13 heavy (non-hydrogen) atoms. The third kappa shape index (κ3) is 1.62. The lowest BCUT2D eigenvalue weighted by atomic mass is 10.1. The fourth-order valence-corrected chi connectivity index (χ4v) is 1.78. The molecule has 0 fully saturated rings. The zero-order valence-electron chi connectivity index (χ0n) is 7.01. The summed E-state index contributed by atoms with van der Waals surface area (Å²) in [7, 11) is 0. The van der Waals surface area contributed by atoms with Crippen LogP contribution in [0.2, 0.25) is 10.2 Å². The van der Waals surface area contributed by atoms with Gasteiger partial charge in [-0.15, -0.1) is 0 Å². The molecule has 0 atom stereocenters. The van der Waals surface area contributed by atoms with Crippen LogP contribution in [0.4, 0.5) is 0 Å². The van der Waals surface area contributed by atoms with Crippen LogP contribution >= 0.6 is 23.2 Å². The van der Waals surface area contributed by atoms with Crippen LogP contribution < -0.4 is 0 Å². The van der Waals surface area contributed by atoms with Gasteiger partial charge in [0.2, 0.25) is 0 Å². The van der Waals surface area contributed by atoms with Gasteiger partial charge >= 0.3 is 0 Å². The lowest BCUT2D eigenvalue weighted by Gasteiger charge is -2.01. The molecule has 0 aliphatic carbocycles. The maximum Gasteiger partial charge on any atom is 0.129 e. The molecular weight excluding hydrogens is 205 g/mol. The van der Waals surface area contributed by atoms with Gasteiger partial charge in [0.15, 0.2) is 0 Å². The molecule has 3 heteroatoms. The van der Waals surface area contributed by atoms with Crippen molar-refractivity contribution in [1.29, 1.82) is 0 Å². The minimum Gasteiger partial charge on any atom is -0.235 e. The van der Waals surface area contributed by atoms with Crippen molar-refractivity contribution < 1.29 is 0 Å². The molecule has 0 aliphatic heterocycles. The fraction of sp³-hybridized carbons (Fsp3) is 0.100. The van der Waals surface area contributed by atoms with Gasteiger partial charge in [0.1, 0.15) is 5.15 Å². The number of benzene rings is 1. The normalized spacial score (nSPS) is 10.7. The van der Waals surface area contributed by atoms with Crippen molar-refractivity contribution in [2.45, 2.75) is 6.92 Å². The number of aryl methyl sites for hydroxylation is 1. The zero-order chi connectivity index (χ0) is 9.42. The van der Waals surface area contributed by atoms with E-state index in [-0.39, 0.29) is 0 Å². The quantitative estimate of drug-likeness (QED) is 0.604. The summed E-state index contributed by atoms with van der Waals surface area (Å²) >= 11 is 11.8. The van der Waals surface area contributed by atoms with Crippen LogP contribution in [0.3, 0.4) is 0 Å². The van der Waals surface area contributed by atoms with Crippen molar-refractivity contribution in [3.8, 4) is 0 Å². The molecule has 0 amide bonds. The van der Waals surface area contributed by atoms with Crippen molar-refractivity contribution in [1.82, 2.24) is 4.98 Å². The van der Waals surface area contributed by atoms with Crippen molar-refractivity contribution in [2.75, 3.05) is 0 Å². The standard InChI is InChI=1S/C10H7Cl2N/c1-6-4-7-2-3-9(12)13-10(7)8(11)5-6/h2-5H,1H3. The van der Waals surface area contributed by atoms with Crippen LogP contribution in [0.5, 0.6) is 0 Å². The second kappa shape index (κ2) is 3.17. The Morgan fingerprint density at radius 1 is 1.15 bits per heavy atom. The molecule has 1 heterocycles. The Labute approximate surface area is 86.3 Å². The molecule has 1 nitrogen and oxygen atoms in total. The maximum absolute atomic E-state index is 6.01. The SMILES string of the molecule is Cc1cc(Cl)c2nc(Cl)ccc2c1. The molecule has 2 rings (SSSR count). The lowest BCUT2D eigenvalue weighted by Crippen LogP contribution is -1.82. The molecule has 0 saturated heterocycles. The van der Waals surface area contributed by atoms with Crippen LogP contribution in [0.25, 0.3) is 10.9 Å². The largest absolute Gasteiger partial charge is 0.235 e. The minimum atomic E-state index is 0.471. The summed E-state index contributed by atoms with van der Waals surface area (Å²) < 4.78 is 0. The Morgan fingerprint density at radius 3 is 2.69 bits per heavy atom. The van der Waals surface area contributed by atoms with Gasteiger partial charge in [-0.05, 0) is 36.8 Å². The van der Waals surface area contributed by atoms with Crippen LogP contribution in [-0.2, 0) is 0 Å². The topological polar surface area (TPSA) is 12.9 Å². The van der Waals surface area contributed by atoms with E-state index in [1.807, 2.05) is 25.1 Å². The van der Waals surface area contributed by atoms with Gasteiger partial charge in [0, 0.05) is 5.39 Å². The van der Waals surface area contributed by atoms with Crippen molar-refractivity contribution in [2.24, 2.45) is 0 Å². The van der Waals surface area contributed by atoms with Crippen molar-refractivity contribution >= 4 is 34.1 Å². The summed E-state index contributed by atoms with van der Waals surface area (Å²) in [6, 6.07) is 7.60. The molecule has 66 valence electrons. The van der Waals surface area contributed by atoms with Gasteiger partial charge in [0.25, 0.3) is 0 Å². The van der Waals surface area contributed by atoms with E-state index in [1.165, 1.54) is 0 Å². The number of pyridine rings is 1. The summed E-state index contributed by atoms with van der Waals surface area (Å²) in [6.07, 6.45) is 0. The van der Waals surface area contributed by atoms with Crippen LogP contribution in [0.1, 0.15) is 5.56 Å². The van der Waals surface area contributed by atoms with E-state index < -0.39 is 0 Å². The predicted octanol–water partition coefficient (Wildman–Crippen LogP) is 3.85. The summed E-state index contributed by atoms with van der Waals surface area (Å²) in [5.74, 6) is 0. The molecule has 1 aromatic heterocycles. The van der Waals surface area contributed by atoms with E-state index in [4.69, 9.17) is 23.2 Å². The Kier molecular flexibility index (Phi) is 2.14. The number of nitrogens with zero attached hydrogens (tertiary/aromatic N) is 1. The van der Waals surface area contributed by atoms with E-state index in [2.05, 4.69) is 4.98 Å². The van der Waals surface area contributed by atoms with Crippen molar-refractivity contribution in [3.05, 3.63) is 40.0 Å². The second-order valence-electron chi connectivity index (χ2n) is 2.95. The van der Waals surface area contributed by atoms with Gasteiger partial charge in [-0.2, -0.15) is 0 Å². The van der Waals surface area contributed by atoms with Crippen LogP contribution in [0, 0.1) is 6.92 Å². The molecule has 1 aromatic carbocycles. The minimum absolute atomic E-state index is 0.471. The molecular formula is C10H7Cl2N. The van der Waals surface area contributed by atoms with E-state index in [1.54, 1.807) is 6.07 Å². The highest BCUT2D eigenvalue weighted by molar-refractivity contribution is 6.35. The molecule has 0 aliphatic rings. The third-order valence-electron chi connectivity index (χ3n) is 1.86. The highest BCUT2D eigenvalue weighted by Crippen LogP contribution is 2.24. The summed E-state index contributed by atoms with van der Waals surface area (Å²) in [4.78, 5) is 4.15. The maximum atomic E-state index is 6.01. The predicted molar refractivity (Wildman–Crippen MR) is 56.5 cm³/mol. The van der Waals surface area contributed by atoms with Gasteiger partial charge in [-0.1, -0.05) is 23.2 Å². The van der Waals surface area contributed by atoms with Crippen molar-refractivity contribution in [3.63, 3.8) is 0 Å². The first kappa shape index (κ1) is 8.79. The number of aromatic nitrogens is 1. The average Bonchev–Trinajstić information content (AvgIpc) is 2.06. The second-order valence-corrected chi connectivity index (χ2v) is 3.75. The number of hydrogen-bond acceptors (Lipinski definition) is 1. The Bertz CT molecular complexity index is 466. The number of hydrogen-bond donors (Lipinski definition) is 0. The molecule has 2 aromatic rings. The molecule has 0 radical (unpaired) electrons. The summed E-state index contributed by atoms with van der Waals surface area (Å²) in [5.41, 5.74) is 1.89. The van der Waals surface area contributed by atoms with E-state index in [9.17, 15) is 0 Å². The van der Waals surface area contributed by atoms with Gasteiger partial charge in [-0.25, -0.2) is 4.98 Å². The van der Waals surface area contributed by atoms with E-state index >= 15 is 0 Å². The monoisotopic (exact) mass is 211 g/mol. The van der Waals surface area contributed by atoms with E-state index in [0.717, 1.165) is 16.5 Å². The smallest absolute Gasteiger partial charge is 0.129 e. The van der Waals surface area contributed by atoms with Gasteiger partial charge < -0.3 is 0 Å². The first-order chi connectivity index (χ1) is 6.16. The zero-order valence-corrected chi connectivity index (χ0v) is 8.52. The Balaban J connectivity index is 2.87. The number of rotatable bonds is 0. The number of fused-ring (bicyclic) bond motifs is 1. The van der Waals surface area contributed by atoms with Gasteiger partial charge in [0.05, 0.1) is 10.5 Å². The fourth-order valence-electron chi connectivity index (χ4n) is 1.31. The lowest BCUT2D eigenvalue weighted by molar-refractivity contribution is 1.39. The van der Waals surface area contributed by atoms with Crippen LogP contribution in [0.15, 0.2) is 24.3 Å². The first-order valence-electron chi connectivity index (χ1n) is 3.89. The molecule has 0 bridgehead atoms. The highest BCUT2D eigenvalue weighted by Gasteiger charge is 2.01. The molecule has 0 spiro atoms. The first-order valence-corrected chi connectivity index (χ1v) is 4.65. The van der Waals surface area contributed by atoms with Gasteiger partial charge in [-0.3, -0.25) is 0 Å². The summed E-state index contributed by atoms with van der Waals surface area (Å²) in [5, 5.41) is 2.14.